The van der Waals surface area contributed by atoms with Gasteiger partial charge in [-0.15, -0.1) is 0 Å². The summed E-state index contributed by atoms with van der Waals surface area (Å²) in [7, 11) is 0. The van der Waals surface area contributed by atoms with Crippen molar-refractivity contribution in [3.05, 3.63) is 101 Å². The number of hydrogen-bond acceptors (Lipinski definition) is 14. The molecule has 0 aliphatic heterocycles. The fourth-order valence-corrected chi connectivity index (χ4v) is 6.26. The lowest BCUT2D eigenvalue weighted by Gasteiger charge is -2.24. The summed E-state index contributed by atoms with van der Waals surface area (Å²) >= 11 is 7.22. The van der Waals surface area contributed by atoms with Crippen LogP contribution in [0.5, 0.6) is 5.75 Å². The third-order valence-electron chi connectivity index (χ3n) is 7.96. The number of oxazole rings is 1. The number of benzene rings is 2. The highest BCUT2D eigenvalue weighted by Gasteiger charge is 2.28. The molecule has 0 saturated heterocycles. The maximum absolute atomic E-state index is 13.1. The molecule has 58 heavy (non-hydrogen) atoms. The molecule has 0 unspecified atom stereocenters. The number of carbonyl (C=O) groups is 3. The van der Waals surface area contributed by atoms with Crippen molar-refractivity contribution in [2.45, 2.75) is 62.6 Å². The molecule has 5 N–H and O–H groups in total. The van der Waals surface area contributed by atoms with Gasteiger partial charge in [-0.05, 0) is 69.7 Å². The highest BCUT2D eigenvalue weighted by molar-refractivity contribution is 7.98. The molecule has 0 aliphatic carbocycles. The first-order chi connectivity index (χ1) is 27.7. The monoisotopic (exact) mass is 824 g/mol. The van der Waals surface area contributed by atoms with E-state index in [1.165, 1.54) is 31.3 Å². The SMILES string of the molecule is C[C@H](NC(=O)[C@H](Cc1c[nH]cn1)NC(=O)OC(C)(C)C)C(=O)OC[CH]COc1ccc(-c2c(C#N)c(N)nc(SCc3coc(-c4ccc(Cl)cc4)n3)c2C#N)cc1. The number of nitrogens with one attached hydrogen (secondary N) is 3. The molecule has 0 bridgehead atoms. The lowest BCUT2D eigenvalue weighted by atomic mass is 9.97. The summed E-state index contributed by atoms with van der Waals surface area (Å²) in [6.45, 7) is 6.50. The number of carbonyl (C=O) groups excluding carboxylic acids is 3. The van der Waals surface area contributed by atoms with Gasteiger partial charge in [0.2, 0.25) is 11.8 Å². The van der Waals surface area contributed by atoms with Gasteiger partial charge in [0.05, 0.1) is 36.5 Å². The summed E-state index contributed by atoms with van der Waals surface area (Å²) in [4.78, 5) is 53.9. The van der Waals surface area contributed by atoms with E-state index < -0.39 is 35.7 Å². The molecule has 1 radical (unpaired) electrons. The zero-order valence-corrected chi connectivity index (χ0v) is 33.4. The van der Waals surface area contributed by atoms with Crippen molar-refractivity contribution in [3.63, 3.8) is 0 Å². The standard InChI is InChI=1S/C40H39ClN9O7S/c1-23(47-35(51)32(16-27-19-45-22-46-27)49-39(53)57-40(2,3)4)38(52)55-15-5-14-54-29-12-8-24(9-13-29)33-30(17-42)34(44)50-37(31(33)18-43)58-21-28-20-56-36(48-28)25-6-10-26(41)11-7-25/h5-13,19-20,22-23,32H,14-16,21H2,1-4H3,(H2,44,50)(H,45,46)(H,47,51)(H,49,53)/t23-,32-/m0/s1. The molecule has 18 heteroatoms. The van der Waals surface area contributed by atoms with Gasteiger partial charge in [-0.2, -0.15) is 10.5 Å². The van der Waals surface area contributed by atoms with E-state index >= 15 is 0 Å². The predicted molar refractivity (Wildman–Crippen MR) is 214 cm³/mol. The summed E-state index contributed by atoms with van der Waals surface area (Å²) in [5.41, 5.74) is 8.43. The molecular weight excluding hydrogens is 786 g/mol. The maximum atomic E-state index is 13.1. The fourth-order valence-electron chi connectivity index (χ4n) is 5.26. The van der Waals surface area contributed by atoms with E-state index in [-0.39, 0.29) is 36.6 Å². The Morgan fingerprint density at radius 1 is 1.00 bits per heavy atom. The Hall–Kier alpha value is -6.56. The topological polar surface area (TPSA) is 244 Å². The molecule has 2 amide bonds. The van der Waals surface area contributed by atoms with E-state index in [1.54, 1.807) is 81.9 Å². The Labute approximate surface area is 343 Å². The molecule has 3 heterocycles. The largest absolute Gasteiger partial charge is 0.493 e. The number of nitrogens with two attached hydrogens (primary N) is 1. The average Bonchev–Trinajstić information content (AvgIpc) is 3.89. The number of anilines is 1. The number of thioether (sulfide) groups is 1. The van der Waals surface area contributed by atoms with Crippen molar-refractivity contribution in [1.29, 1.82) is 10.5 Å². The van der Waals surface area contributed by atoms with Crippen LogP contribution in [0, 0.1) is 29.1 Å². The fraction of sp³-hybridized carbons (Fsp3) is 0.275. The molecule has 0 saturated carbocycles. The normalized spacial score (nSPS) is 12.1. The van der Waals surface area contributed by atoms with Crippen molar-refractivity contribution in [3.8, 4) is 40.5 Å². The number of hydrogen-bond donors (Lipinski definition) is 4. The third-order valence-corrected chi connectivity index (χ3v) is 9.22. The first-order valence-electron chi connectivity index (χ1n) is 17.7. The Bertz CT molecular complexity index is 2300. The van der Waals surface area contributed by atoms with Crippen LogP contribution >= 0.6 is 23.4 Å². The number of alkyl carbamates (subject to hydrolysis) is 1. The van der Waals surface area contributed by atoms with Gasteiger partial charge in [-0.3, -0.25) is 4.79 Å². The van der Waals surface area contributed by atoms with E-state index in [9.17, 15) is 24.9 Å². The van der Waals surface area contributed by atoms with Gasteiger partial charge in [-0.1, -0.05) is 35.5 Å². The van der Waals surface area contributed by atoms with Crippen LogP contribution in [-0.2, 0) is 31.2 Å². The Kier molecular flexibility index (Phi) is 14.3. The van der Waals surface area contributed by atoms with E-state index in [0.29, 0.717) is 50.0 Å². The molecule has 3 aromatic heterocycles. The van der Waals surface area contributed by atoms with Gasteiger partial charge >= 0.3 is 12.1 Å². The van der Waals surface area contributed by atoms with Crippen LogP contribution in [0.2, 0.25) is 5.02 Å². The number of rotatable bonds is 16. The van der Waals surface area contributed by atoms with E-state index in [0.717, 1.165) is 5.56 Å². The number of H-pyrrole nitrogens is 1. The van der Waals surface area contributed by atoms with Crippen molar-refractivity contribution in [2.24, 2.45) is 0 Å². The van der Waals surface area contributed by atoms with E-state index in [2.05, 4.69) is 42.7 Å². The number of aromatic nitrogens is 4. The summed E-state index contributed by atoms with van der Waals surface area (Å²) in [6.07, 6.45) is 5.39. The number of esters is 1. The molecule has 5 rings (SSSR count). The molecule has 2 aromatic carbocycles. The second-order valence-electron chi connectivity index (χ2n) is 13.5. The molecule has 0 fully saturated rings. The molecule has 0 aliphatic rings. The Morgan fingerprint density at radius 2 is 1.71 bits per heavy atom. The first-order valence-corrected chi connectivity index (χ1v) is 19.1. The lowest BCUT2D eigenvalue weighted by molar-refractivity contribution is -0.146. The Balaban J connectivity index is 1.13. The molecule has 299 valence electrons. The van der Waals surface area contributed by atoms with Gasteiger partial charge in [0.15, 0.2) is 0 Å². The molecule has 5 aromatic rings. The highest BCUT2D eigenvalue weighted by Crippen LogP contribution is 2.37. The van der Waals surface area contributed by atoms with Crippen LogP contribution in [0.15, 0.2) is 76.8 Å². The molecule has 16 nitrogen and oxygen atoms in total. The number of imidazole rings is 1. The van der Waals surface area contributed by atoms with Gasteiger partial charge < -0.3 is 40.0 Å². The van der Waals surface area contributed by atoms with E-state index in [1.807, 2.05) is 0 Å². The number of nitriles is 2. The van der Waals surface area contributed by atoms with Crippen molar-refractivity contribution >= 4 is 47.2 Å². The minimum absolute atomic E-state index is 0.0225. The number of amides is 2. The van der Waals surface area contributed by atoms with Crippen LogP contribution in [0.1, 0.15) is 50.2 Å². The van der Waals surface area contributed by atoms with Crippen molar-refractivity contribution in [1.82, 2.24) is 30.6 Å². The van der Waals surface area contributed by atoms with Crippen LogP contribution in [0.4, 0.5) is 10.6 Å². The summed E-state index contributed by atoms with van der Waals surface area (Å²) < 4.78 is 22.0. The number of nitrogen functional groups attached to an aromatic ring is 1. The lowest BCUT2D eigenvalue weighted by Crippen LogP contribution is -2.52. The zero-order chi connectivity index (χ0) is 41.8. The van der Waals surface area contributed by atoms with Gasteiger partial charge in [0.25, 0.3) is 0 Å². The average molecular weight is 825 g/mol. The minimum atomic E-state index is -1.07. The van der Waals surface area contributed by atoms with Gasteiger partial charge in [-0.25, -0.2) is 24.5 Å². The first kappa shape index (κ1) is 42.6. The molecule has 0 spiro atoms. The van der Waals surface area contributed by atoms with E-state index in [4.69, 9.17) is 36.0 Å². The highest BCUT2D eigenvalue weighted by atomic mass is 35.5. The van der Waals surface area contributed by atoms with Crippen LogP contribution < -0.4 is 21.1 Å². The summed E-state index contributed by atoms with van der Waals surface area (Å²) in [5.74, 6) is -0.159. The molecular formula is C40H39ClN9O7S. The molecule has 2 atom stereocenters. The second-order valence-corrected chi connectivity index (χ2v) is 14.9. The van der Waals surface area contributed by atoms with Crippen molar-refractivity contribution in [2.75, 3.05) is 18.9 Å². The maximum Gasteiger partial charge on any atom is 0.408 e. The van der Waals surface area contributed by atoms with Crippen LogP contribution in [0.3, 0.4) is 0 Å². The smallest absolute Gasteiger partial charge is 0.408 e. The minimum Gasteiger partial charge on any atom is -0.493 e. The number of nitrogens with zero attached hydrogens (tertiary/aromatic N) is 5. The van der Waals surface area contributed by atoms with Crippen LogP contribution in [-0.4, -0.2) is 68.8 Å². The zero-order valence-electron chi connectivity index (χ0n) is 31.9. The quantitative estimate of drug-likeness (QED) is 0.0494. The van der Waals surface area contributed by atoms with Gasteiger partial charge in [0.1, 0.15) is 58.2 Å². The summed E-state index contributed by atoms with van der Waals surface area (Å²) in [6, 6.07) is 15.9. The van der Waals surface area contributed by atoms with Crippen LogP contribution in [0.25, 0.3) is 22.6 Å². The number of ether oxygens (including phenoxy) is 3. The van der Waals surface area contributed by atoms with Gasteiger partial charge in [0, 0.05) is 40.9 Å². The number of halogens is 1. The third kappa shape index (κ3) is 11.7. The summed E-state index contributed by atoms with van der Waals surface area (Å²) in [5, 5.41) is 26.2. The van der Waals surface area contributed by atoms with Crippen molar-refractivity contribution < 1.29 is 33.0 Å². The number of aromatic amines is 1. The predicted octanol–water partition coefficient (Wildman–Crippen LogP) is 6.16. The second kappa shape index (κ2) is 19.5. The number of pyridine rings is 1. The Morgan fingerprint density at radius 3 is 2.36 bits per heavy atom.